The van der Waals surface area contributed by atoms with E-state index < -0.39 is 0 Å². The molecule has 3 amide bonds. The summed E-state index contributed by atoms with van der Waals surface area (Å²) in [5, 5.41) is 9.03. The van der Waals surface area contributed by atoms with Crippen LogP contribution in [0.5, 0.6) is 5.75 Å². The Hall–Kier alpha value is -3.13. The molecule has 2 aromatic rings. The van der Waals surface area contributed by atoms with E-state index in [1.165, 1.54) is 0 Å². The van der Waals surface area contributed by atoms with Gasteiger partial charge >= 0.3 is 6.03 Å². The maximum atomic E-state index is 12.9. The maximum absolute atomic E-state index is 12.9. The summed E-state index contributed by atoms with van der Waals surface area (Å²) in [7, 11) is 1.64. The molecule has 3 N–H and O–H groups in total. The molecule has 0 saturated carbocycles. The van der Waals surface area contributed by atoms with E-state index >= 15 is 0 Å². The van der Waals surface area contributed by atoms with Crippen molar-refractivity contribution in [3.05, 3.63) is 53.3 Å². The second-order valence-corrected chi connectivity index (χ2v) is 8.88. The molecule has 1 aliphatic heterocycles. The minimum absolute atomic E-state index is 0.0889. The van der Waals surface area contributed by atoms with Crippen LogP contribution in [0.4, 0.5) is 10.5 Å². The van der Waals surface area contributed by atoms with Crippen molar-refractivity contribution in [1.29, 1.82) is 0 Å². The third kappa shape index (κ3) is 7.45. The molecule has 1 aliphatic rings. The number of piperidine rings is 1. The first-order valence-electron chi connectivity index (χ1n) is 12.0. The summed E-state index contributed by atoms with van der Waals surface area (Å²) in [6.45, 7) is 9.00. The first kappa shape index (κ1) is 25.5. The third-order valence-corrected chi connectivity index (χ3v) is 6.23. The average molecular weight is 468 g/mol. The largest absolute Gasteiger partial charge is 0.497 e. The molecular weight excluding hydrogens is 430 g/mol. The molecule has 8 nitrogen and oxygen atoms in total. The van der Waals surface area contributed by atoms with Crippen molar-refractivity contribution in [2.75, 3.05) is 38.6 Å². The van der Waals surface area contributed by atoms with Crippen molar-refractivity contribution >= 4 is 17.6 Å². The number of likely N-dealkylation sites (tertiary alicyclic amines) is 1. The van der Waals surface area contributed by atoms with Crippen LogP contribution in [-0.4, -0.2) is 61.2 Å². The van der Waals surface area contributed by atoms with Gasteiger partial charge in [-0.2, -0.15) is 0 Å². The van der Waals surface area contributed by atoms with Gasteiger partial charge in [0.25, 0.3) is 0 Å². The number of hydrogen-bond donors (Lipinski definition) is 3. The van der Waals surface area contributed by atoms with Crippen LogP contribution in [0.3, 0.4) is 0 Å². The van der Waals surface area contributed by atoms with E-state index in [0.717, 1.165) is 67.3 Å². The van der Waals surface area contributed by atoms with E-state index in [9.17, 15) is 9.59 Å². The van der Waals surface area contributed by atoms with Gasteiger partial charge in [-0.15, -0.1) is 0 Å². The van der Waals surface area contributed by atoms with Crippen molar-refractivity contribution < 1.29 is 14.3 Å². The van der Waals surface area contributed by atoms with Crippen molar-refractivity contribution in [3.8, 4) is 5.75 Å². The number of aryl methyl sites for hydroxylation is 2. The van der Waals surface area contributed by atoms with Crippen LogP contribution in [0.25, 0.3) is 0 Å². The predicted octanol–water partition coefficient (Wildman–Crippen LogP) is 3.60. The van der Waals surface area contributed by atoms with E-state index in [2.05, 4.69) is 25.8 Å². The number of hydrogen-bond acceptors (Lipinski definition) is 5. The van der Waals surface area contributed by atoms with Crippen LogP contribution >= 0.6 is 0 Å². The lowest BCUT2D eigenvalue weighted by atomic mass is 9.94. The summed E-state index contributed by atoms with van der Waals surface area (Å²) in [5.41, 5.74) is 3.51. The Bertz CT molecular complexity index is 935. The molecule has 1 aromatic heterocycles. The second-order valence-electron chi connectivity index (χ2n) is 8.88. The summed E-state index contributed by atoms with van der Waals surface area (Å²) in [6.07, 6.45) is 2.57. The standard InChI is InChI=1S/C26H37N5O3/c1-5-24(20-6-8-23(34-4)9-7-20)25(32)29-21-10-13-31(14-11-21)15-12-27-26(33)30-22-16-18(2)28-19(3)17-22/h6-9,16-17,21,24H,5,10-15H2,1-4H3,(H,29,32)(H2,27,28,30,33). The normalized spacial score (nSPS) is 15.4. The highest BCUT2D eigenvalue weighted by Gasteiger charge is 2.25. The van der Waals surface area contributed by atoms with Gasteiger partial charge in [-0.05, 0) is 62.9 Å². The number of aromatic nitrogens is 1. The fourth-order valence-electron chi connectivity index (χ4n) is 4.42. The molecule has 1 aromatic carbocycles. The van der Waals surface area contributed by atoms with Crippen molar-refractivity contribution in [3.63, 3.8) is 0 Å². The first-order chi connectivity index (χ1) is 16.4. The molecule has 1 atom stereocenters. The summed E-state index contributed by atoms with van der Waals surface area (Å²) in [5.74, 6) is 0.728. The summed E-state index contributed by atoms with van der Waals surface area (Å²) in [6, 6.07) is 11.4. The number of nitrogens with zero attached hydrogens (tertiary/aromatic N) is 2. The highest BCUT2D eigenvalue weighted by molar-refractivity contribution is 5.89. The minimum Gasteiger partial charge on any atom is -0.497 e. The Labute approximate surface area is 202 Å². The van der Waals surface area contributed by atoms with E-state index in [4.69, 9.17) is 4.74 Å². The summed E-state index contributed by atoms with van der Waals surface area (Å²) < 4.78 is 5.22. The van der Waals surface area contributed by atoms with Crippen molar-refractivity contribution in [1.82, 2.24) is 20.5 Å². The predicted molar refractivity (Wildman–Crippen MR) is 134 cm³/mol. The van der Waals surface area contributed by atoms with Gasteiger partial charge in [-0.25, -0.2) is 4.79 Å². The molecule has 34 heavy (non-hydrogen) atoms. The van der Waals surface area contributed by atoms with E-state index in [1.54, 1.807) is 7.11 Å². The van der Waals surface area contributed by atoms with Gasteiger partial charge in [-0.3, -0.25) is 9.78 Å². The molecule has 0 aliphatic carbocycles. The molecule has 2 heterocycles. The van der Waals surface area contributed by atoms with Crippen molar-refractivity contribution in [2.24, 2.45) is 0 Å². The SMILES string of the molecule is CCC(C(=O)NC1CCN(CCNC(=O)Nc2cc(C)nc(C)c2)CC1)c1ccc(OC)cc1. The number of ether oxygens (including phenoxy) is 1. The number of urea groups is 1. The highest BCUT2D eigenvalue weighted by Crippen LogP contribution is 2.23. The molecule has 0 spiro atoms. The Morgan fingerprint density at radius 2 is 1.76 bits per heavy atom. The zero-order valence-corrected chi connectivity index (χ0v) is 20.7. The number of amides is 3. The van der Waals surface area contributed by atoms with E-state index in [1.807, 2.05) is 57.2 Å². The number of carbonyl (C=O) groups excluding carboxylic acids is 2. The Kier molecular flexibility index (Phi) is 9.27. The molecule has 1 saturated heterocycles. The number of pyridine rings is 1. The molecular formula is C26H37N5O3. The maximum Gasteiger partial charge on any atom is 0.319 e. The zero-order chi connectivity index (χ0) is 24.5. The number of anilines is 1. The van der Waals surface area contributed by atoms with Crippen LogP contribution in [0.15, 0.2) is 36.4 Å². The first-order valence-corrected chi connectivity index (χ1v) is 12.0. The van der Waals surface area contributed by atoms with Gasteiger partial charge in [-0.1, -0.05) is 19.1 Å². The molecule has 0 bridgehead atoms. The van der Waals surface area contributed by atoms with Crippen LogP contribution in [-0.2, 0) is 4.79 Å². The number of nitrogens with one attached hydrogen (secondary N) is 3. The second kappa shape index (κ2) is 12.4. The fraction of sp³-hybridized carbons (Fsp3) is 0.500. The quantitative estimate of drug-likeness (QED) is 0.524. The molecule has 8 heteroatoms. The smallest absolute Gasteiger partial charge is 0.319 e. The topological polar surface area (TPSA) is 95.6 Å². The third-order valence-electron chi connectivity index (χ3n) is 6.23. The monoisotopic (exact) mass is 467 g/mol. The van der Waals surface area contributed by atoms with Gasteiger partial charge in [0, 0.05) is 49.3 Å². The summed E-state index contributed by atoms with van der Waals surface area (Å²) >= 11 is 0. The Morgan fingerprint density at radius 1 is 1.12 bits per heavy atom. The Balaban J connectivity index is 1.37. The van der Waals surface area contributed by atoms with Gasteiger partial charge in [0.15, 0.2) is 0 Å². The molecule has 0 radical (unpaired) electrons. The average Bonchev–Trinajstić information content (AvgIpc) is 2.80. The zero-order valence-electron chi connectivity index (χ0n) is 20.7. The molecule has 1 unspecified atom stereocenters. The number of methoxy groups -OCH3 is 1. The lowest BCUT2D eigenvalue weighted by Crippen LogP contribution is -2.47. The van der Waals surface area contributed by atoms with Gasteiger partial charge in [0.2, 0.25) is 5.91 Å². The summed E-state index contributed by atoms with van der Waals surface area (Å²) in [4.78, 5) is 31.7. The number of carbonyl (C=O) groups is 2. The highest BCUT2D eigenvalue weighted by atomic mass is 16.5. The number of rotatable bonds is 9. The minimum atomic E-state index is -0.212. The lowest BCUT2D eigenvalue weighted by molar-refractivity contribution is -0.123. The molecule has 3 rings (SSSR count). The molecule has 1 fully saturated rings. The lowest BCUT2D eigenvalue weighted by Gasteiger charge is -2.33. The van der Waals surface area contributed by atoms with Gasteiger partial charge < -0.3 is 25.6 Å². The van der Waals surface area contributed by atoms with Crippen LogP contribution in [0, 0.1) is 13.8 Å². The van der Waals surface area contributed by atoms with Crippen molar-refractivity contribution in [2.45, 2.75) is 52.0 Å². The van der Waals surface area contributed by atoms with E-state index in [-0.39, 0.29) is 23.9 Å². The number of benzene rings is 1. The van der Waals surface area contributed by atoms with Crippen LogP contribution in [0.2, 0.25) is 0 Å². The van der Waals surface area contributed by atoms with Gasteiger partial charge in [0.05, 0.1) is 13.0 Å². The molecule has 184 valence electrons. The fourth-order valence-corrected chi connectivity index (χ4v) is 4.42. The Morgan fingerprint density at radius 3 is 2.35 bits per heavy atom. The van der Waals surface area contributed by atoms with E-state index in [0.29, 0.717) is 6.54 Å². The van der Waals surface area contributed by atoms with Gasteiger partial charge in [0.1, 0.15) is 5.75 Å². The van der Waals surface area contributed by atoms with Crippen LogP contribution < -0.4 is 20.7 Å². The van der Waals surface area contributed by atoms with Crippen LogP contribution in [0.1, 0.15) is 49.1 Å².